The lowest BCUT2D eigenvalue weighted by molar-refractivity contribution is 0.372. The molecular formula is C9H10N6O3S2. The molecule has 0 fully saturated rings. The van der Waals surface area contributed by atoms with Crippen molar-refractivity contribution in [1.29, 1.82) is 0 Å². The molecule has 0 aliphatic heterocycles. The van der Waals surface area contributed by atoms with E-state index in [1.165, 1.54) is 15.7 Å². The molecule has 0 saturated heterocycles. The quantitative estimate of drug-likeness (QED) is 0.701. The number of nitrogens with zero attached hydrogens (tertiary/aromatic N) is 4. The van der Waals surface area contributed by atoms with Gasteiger partial charge >= 0.3 is 0 Å². The van der Waals surface area contributed by atoms with Crippen molar-refractivity contribution in [1.82, 2.24) is 24.2 Å². The van der Waals surface area contributed by atoms with Gasteiger partial charge in [-0.05, 0) is 6.92 Å². The van der Waals surface area contributed by atoms with E-state index >= 15 is 0 Å². The van der Waals surface area contributed by atoms with Gasteiger partial charge in [0.1, 0.15) is 0 Å². The van der Waals surface area contributed by atoms with Crippen LogP contribution in [0.2, 0.25) is 0 Å². The van der Waals surface area contributed by atoms with E-state index in [4.69, 9.17) is 10.3 Å². The molecule has 0 bridgehead atoms. The maximum Gasteiger partial charge on any atom is 0.260 e. The van der Waals surface area contributed by atoms with Gasteiger partial charge < -0.3 is 10.3 Å². The Balaban J connectivity index is 1.91. The first-order chi connectivity index (χ1) is 9.47. The normalized spacial score (nSPS) is 12.2. The van der Waals surface area contributed by atoms with Gasteiger partial charge in [0, 0.05) is 11.6 Å². The number of thiazole rings is 1. The fourth-order valence-corrected chi connectivity index (χ4v) is 3.64. The molecule has 3 aromatic rings. The Labute approximate surface area is 117 Å². The summed E-state index contributed by atoms with van der Waals surface area (Å²) < 4.78 is 33.1. The summed E-state index contributed by atoms with van der Waals surface area (Å²) in [5, 5.41) is 5.21. The van der Waals surface area contributed by atoms with Crippen molar-refractivity contribution in [2.45, 2.75) is 18.5 Å². The summed E-state index contributed by atoms with van der Waals surface area (Å²) in [5.74, 6) is 0.560. The minimum atomic E-state index is -3.83. The van der Waals surface area contributed by atoms with Gasteiger partial charge in [-0.1, -0.05) is 5.16 Å². The molecule has 0 unspecified atom stereocenters. The first kappa shape index (κ1) is 13.0. The Kier molecular flexibility index (Phi) is 2.96. The van der Waals surface area contributed by atoms with Gasteiger partial charge in [-0.15, -0.1) is 11.3 Å². The smallest absolute Gasteiger partial charge is 0.260 e. The third kappa shape index (κ3) is 2.15. The zero-order valence-corrected chi connectivity index (χ0v) is 11.9. The summed E-state index contributed by atoms with van der Waals surface area (Å²) in [6.07, 6.45) is 1.59. The number of hydrogen-bond donors (Lipinski definition) is 2. The highest BCUT2D eigenvalue weighted by molar-refractivity contribution is 7.89. The maximum atomic E-state index is 12.3. The van der Waals surface area contributed by atoms with E-state index in [9.17, 15) is 8.42 Å². The second kappa shape index (κ2) is 4.54. The van der Waals surface area contributed by atoms with Crippen LogP contribution in [-0.4, -0.2) is 27.9 Å². The molecule has 9 nitrogen and oxygen atoms in total. The number of nitrogen functional groups attached to an aromatic ring is 1. The molecule has 0 amide bonds. The summed E-state index contributed by atoms with van der Waals surface area (Å²) in [5.41, 5.74) is 5.66. The van der Waals surface area contributed by atoms with Gasteiger partial charge in [0.15, 0.2) is 21.6 Å². The first-order valence-corrected chi connectivity index (χ1v) is 7.83. The van der Waals surface area contributed by atoms with E-state index in [0.717, 1.165) is 0 Å². The summed E-state index contributed by atoms with van der Waals surface area (Å²) in [6, 6.07) is 0. The summed E-state index contributed by atoms with van der Waals surface area (Å²) in [4.78, 5) is 8.41. The zero-order chi connectivity index (χ0) is 14.3. The molecule has 11 heteroatoms. The number of nitrogens with one attached hydrogen (secondary N) is 1. The largest absolute Gasteiger partial charge is 0.381 e. The van der Waals surface area contributed by atoms with E-state index in [0.29, 0.717) is 10.8 Å². The number of aryl methyl sites for hydroxylation is 1. The third-order valence-corrected chi connectivity index (χ3v) is 4.68. The van der Waals surface area contributed by atoms with E-state index < -0.39 is 10.0 Å². The number of sulfonamides is 1. The third-order valence-electron chi connectivity index (χ3n) is 2.48. The number of fused-ring (bicyclic) bond motifs is 1. The monoisotopic (exact) mass is 314 g/mol. The molecule has 3 aromatic heterocycles. The van der Waals surface area contributed by atoms with Crippen molar-refractivity contribution in [2.24, 2.45) is 0 Å². The maximum absolute atomic E-state index is 12.3. The molecule has 0 radical (unpaired) electrons. The summed E-state index contributed by atoms with van der Waals surface area (Å²) in [6.45, 7) is 1.53. The van der Waals surface area contributed by atoms with E-state index in [-0.39, 0.29) is 23.3 Å². The number of rotatable bonds is 4. The highest BCUT2D eigenvalue weighted by atomic mass is 32.2. The molecule has 3 N–H and O–H groups in total. The highest BCUT2D eigenvalue weighted by Crippen LogP contribution is 2.23. The van der Waals surface area contributed by atoms with E-state index in [2.05, 4.69) is 19.8 Å². The zero-order valence-electron chi connectivity index (χ0n) is 10.3. The summed E-state index contributed by atoms with van der Waals surface area (Å²) in [7, 11) is -3.83. The predicted molar refractivity (Wildman–Crippen MR) is 70.5 cm³/mol. The fourth-order valence-electron chi connectivity index (χ4n) is 1.69. The minimum absolute atomic E-state index is 0.0499. The van der Waals surface area contributed by atoms with Crippen molar-refractivity contribution >= 4 is 32.1 Å². The van der Waals surface area contributed by atoms with E-state index in [1.807, 2.05) is 0 Å². The standard InChI is InChI=1S/C9H10N6O3S2/c1-5-12-6(18-14-5)4-11-20(16,17)8-7(10)13-9-15(8)2-3-19-9/h2-3,11H,4,10H2,1H3. The Hall–Kier alpha value is -1.98. The second-order valence-corrected chi connectivity index (χ2v) is 6.47. The molecule has 0 aromatic carbocycles. The van der Waals surface area contributed by atoms with E-state index in [1.54, 1.807) is 18.5 Å². The van der Waals surface area contributed by atoms with Crippen LogP contribution in [0.25, 0.3) is 4.96 Å². The molecular weight excluding hydrogens is 304 g/mol. The van der Waals surface area contributed by atoms with Crippen molar-refractivity contribution in [3.8, 4) is 0 Å². The van der Waals surface area contributed by atoms with Crippen LogP contribution in [0.15, 0.2) is 21.1 Å². The van der Waals surface area contributed by atoms with Gasteiger partial charge in [0.25, 0.3) is 10.0 Å². The van der Waals surface area contributed by atoms with Crippen LogP contribution in [0.1, 0.15) is 11.7 Å². The fraction of sp³-hybridized carbons (Fsp3) is 0.222. The van der Waals surface area contributed by atoms with Gasteiger partial charge in [0.2, 0.25) is 5.89 Å². The van der Waals surface area contributed by atoms with Crippen molar-refractivity contribution < 1.29 is 12.9 Å². The Bertz CT molecular complexity index is 861. The van der Waals surface area contributed by atoms with Crippen LogP contribution in [0, 0.1) is 6.92 Å². The number of aromatic nitrogens is 4. The molecule has 106 valence electrons. The number of imidazole rings is 1. The highest BCUT2D eigenvalue weighted by Gasteiger charge is 2.24. The second-order valence-electron chi connectivity index (χ2n) is 3.92. The minimum Gasteiger partial charge on any atom is -0.381 e. The topological polar surface area (TPSA) is 128 Å². The molecule has 0 saturated carbocycles. The van der Waals surface area contributed by atoms with Crippen LogP contribution in [0.4, 0.5) is 5.82 Å². The predicted octanol–water partition coefficient (Wildman–Crippen LogP) is 0.148. The van der Waals surface area contributed by atoms with Crippen LogP contribution in [0.5, 0.6) is 0 Å². The van der Waals surface area contributed by atoms with Crippen molar-refractivity contribution in [2.75, 3.05) is 5.73 Å². The van der Waals surface area contributed by atoms with Crippen LogP contribution >= 0.6 is 11.3 Å². The van der Waals surface area contributed by atoms with Crippen LogP contribution < -0.4 is 10.5 Å². The van der Waals surface area contributed by atoms with Gasteiger partial charge in [-0.2, -0.15) is 4.98 Å². The average molecular weight is 314 g/mol. The SMILES string of the molecule is Cc1noc(CNS(=O)(=O)c2c(N)nc3sccn23)n1. The lowest BCUT2D eigenvalue weighted by atomic mass is 10.6. The van der Waals surface area contributed by atoms with Gasteiger partial charge in [-0.25, -0.2) is 18.1 Å². The molecule has 3 rings (SSSR count). The molecule has 0 aliphatic rings. The Morgan fingerprint density at radius 3 is 3.00 bits per heavy atom. The molecule has 3 heterocycles. The number of anilines is 1. The lowest BCUT2D eigenvalue weighted by Gasteiger charge is -2.03. The molecule has 0 atom stereocenters. The number of nitrogens with two attached hydrogens (primary N) is 1. The van der Waals surface area contributed by atoms with Crippen molar-refractivity contribution in [3.05, 3.63) is 23.3 Å². The Morgan fingerprint density at radius 2 is 2.30 bits per heavy atom. The van der Waals surface area contributed by atoms with Gasteiger partial charge in [-0.3, -0.25) is 4.40 Å². The van der Waals surface area contributed by atoms with Crippen LogP contribution in [-0.2, 0) is 16.6 Å². The summed E-state index contributed by atoms with van der Waals surface area (Å²) >= 11 is 1.29. The molecule has 20 heavy (non-hydrogen) atoms. The average Bonchev–Trinajstić information content (AvgIpc) is 3.02. The number of hydrogen-bond acceptors (Lipinski definition) is 8. The Morgan fingerprint density at radius 1 is 1.50 bits per heavy atom. The van der Waals surface area contributed by atoms with Gasteiger partial charge in [0.05, 0.1) is 6.54 Å². The van der Waals surface area contributed by atoms with Crippen molar-refractivity contribution in [3.63, 3.8) is 0 Å². The lowest BCUT2D eigenvalue weighted by Crippen LogP contribution is -2.25. The first-order valence-electron chi connectivity index (χ1n) is 5.47. The van der Waals surface area contributed by atoms with Crippen LogP contribution in [0.3, 0.4) is 0 Å². The molecule has 0 spiro atoms. The molecule has 0 aliphatic carbocycles.